The molecule has 2 rings (SSSR count). The van der Waals surface area contributed by atoms with Crippen LogP contribution in [0.25, 0.3) is 0 Å². The summed E-state index contributed by atoms with van der Waals surface area (Å²) >= 11 is 5.11. The summed E-state index contributed by atoms with van der Waals surface area (Å²) in [5.74, 6) is -0.386. The Morgan fingerprint density at radius 2 is 2.19 bits per heavy atom. The number of esters is 1. The molecule has 0 spiro atoms. The van der Waals surface area contributed by atoms with Gasteiger partial charge >= 0.3 is 5.97 Å². The molecule has 0 saturated heterocycles. The summed E-state index contributed by atoms with van der Waals surface area (Å²) in [4.78, 5) is 13.9. The van der Waals surface area contributed by atoms with E-state index in [-0.39, 0.29) is 5.97 Å². The Labute approximate surface area is 136 Å². The number of nitrogens with two attached hydrogens (primary N) is 1. The first kappa shape index (κ1) is 15.9. The van der Waals surface area contributed by atoms with Crippen molar-refractivity contribution in [1.29, 1.82) is 0 Å². The fourth-order valence-electron chi connectivity index (χ4n) is 1.96. The van der Waals surface area contributed by atoms with Gasteiger partial charge in [0.2, 0.25) is 0 Å². The zero-order chi connectivity index (χ0) is 15.4. The van der Waals surface area contributed by atoms with E-state index in [1.54, 1.807) is 30.4 Å². The molecule has 6 heteroatoms. The van der Waals surface area contributed by atoms with E-state index in [9.17, 15) is 4.79 Å². The molecule has 1 heterocycles. The number of halogens is 1. The summed E-state index contributed by atoms with van der Waals surface area (Å²) < 4.78 is 6.13. The Morgan fingerprint density at radius 1 is 1.43 bits per heavy atom. The third-order valence-electron chi connectivity index (χ3n) is 3.01. The Balaban J connectivity index is 2.19. The fraction of sp³-hybridized carbons (Fsp3) is 0.267. The summed E-state index contributed by atoms with van der Waals surface area (Å²) in [6.07, 6.45) is 0. The number of nitrogens with zero attached hydrogens (tertiary/aromatic N) is 1. The van der Waals surface area contributed by atoms with Gasteiger partial charge in [-0.1, -0.05) is 0 Å². The zero-order valence-electron chi connectivity index (χ0n) is 11.9. The molecule has 0 aliphatic rings. The van der Waals surface area contributed by atoms with E-state index in [0.29, 0.717) is 17.9 Å². The van der Waals surface area contributed by atoms with Crippen molar-refractivity contribution in [2.45, 2.75) is 13.5 Å². The molecule has 0 saturated carbocycles. The average molecular weight is 369 g/mol. The van der Waals surface area contributed by atoms with Crippen LogP contribution in [0.2, 0.25) is 0 Å². The third-order valence-corrected chi connectivity index (χ3v) is 4.57. The number of hydrogen-bond acceptors (Lipinski definition) is 5. The van der Waals surface area contributed by atoms with Gasteiger partial charge in [-0.15, -0.1) is 11.3 Å². The van der Waals surface area contributed by atoms with E-state index in [1.165, 1.54) is 5.56 Å². The number of ether oxygens (including phenoxy) is 1. The van der Waals surface area contributed by atoms with Gasteiger partial charge in [0.05, 0.1) is 16.0 Å². The van der Waals surface area contributed by atoms with E-state index in [2.05, 4.69) is 32.3 Å². The smallest absolute Gasteiger partial charge is 0.340 e. The molecule has 21 heavy (non-hydrogen) atoms. The molecule has 1 aromatic carbocycles. The number of hydrogen-bond donors (Lipinski definition) is 1. The molecule has 2 aromatic rings. The Kier molecular flexibility index (Phi) is 5.25. The number of benzene rings is 1. The van der Waals surface area contributed by atoms with E-state index in [4.69, 9.17) is 10.5 Å². The van der Waals surface area contributed by atoms with Gasteiger partial charge in [-0.05, 0) is 58.1 Å². The molecular formula is C15H17BrN2O2S. The molecule has 0 aliphatic heterocycles. The highest BCUT2D eigenvalue weighted by Gasteiger charge is 2.13. The van der Waals surface area contributed by atoms with Crippen LogP contribution in [-0.4, -0.2) is 19.6 Å². The molecule has 1 aromatic heterocycles. The van der Waals surface area contributed by atoms with Crippen LogP contribution in [0, 0.1) is 0 Å². The Bertz CT molecular complexity index is 642. The maximum absolute atomic E-state index is 11.9. The molecule has 0 fully saturated rings. The highest BCUT2D eigenvalue weighted by molar-refractivity contribution is 9.11. The molecule has 0 aliphatic carbocycles. The lowest BCUT2D eigenvalue weighted by Crippen LogP contribution is -2.17. The summed E-state index contributed by atoms with van der Waals surface area (Å²) in [5, 5.41) is 2.10. The first-order valence-electron chi connectivity index (χ1n) is 6.52. The lowest BCUT2D eigenvalue weighted by Gasteiger charge is -2.20. The minimum absolute atomic E-state index is 0.335. The monoisotopic (exact) mass is 368 g/mol. The summed E-state index contributed by atoms with van der Waals surface area (Å²) in [7, 11) is 1.98. The molecule has 0 unspecified atom stereocenters. The van der Waals surface area contributed by atoms with Gasteiger partial charge in [0.25, 0.3) is 0 Å². The van der Waals surface area contributed by atoms with Crippen LogP contribution in [-0.2, 0) is 11.3 Å². The van der Waals surface area contributed by atoms with Crippen molar-refractivity contribution < 1.29 is 9.53 Å². The predicted molar refractivity (Wildman–Crippen MR) is 90.9 cm³/mol. The van der Waals surface area contributed by atoms with Gasteiger partial charge in [-0.25, -0.2) is 4.79 Å². The summed E-state index contributed by atoms with van der Waals surface area (Å²) in [6, 6.07) is 7.50. The number of carbonyl (C=O) groups excluding carboxylic acids is 1. The van der Waals surface area contributed by atoms with Crippen LogP contribution < -0.4 is 10.6 Å². The van der Waals surface area contributed by atoms with E-state index >= 15 is 0 Å². The largest absolute Gasteiger partial charge is 0.462 e. The second-order valence-electron chi connectivity index (χ2n) is 4.61. The van der Waals surface area contributed by atoms with E-state index in [1.807, 2.05) is 13.1 Å². The van der Waals surface area contributed by atoms with E-state index < -0.39 is 0 Å². The molecule has 4 nitrogen and oxygen atoms in total. The van der Waals surface area contributed by atoms with Crippen LogP contribution in [0.1, 0.15) is 22.8 Å². The van der Waals surface area contributed by atoms with Gasteiger partial charge in [0.15, 0.2) is 0 Å². The van der Waals surface area contributed by atoms with E-state index in [0.717, 1.165) is 16.0 Å². The number of anilines is 2. The van der Waals surface area contributed by atoms with Crippen LogP contribution in [0.15, 0.2) is 33.4 Å². The number of nitrogen functional groups attached to an aromatic ring is 1. The second kappa shape index (κ2) is 6.95. The van der Waals surface area contributed by atoms with Crippen LogP contribution in [0.5, 0.6) is 0 Å². The van der Waals surface area contributed by atoms with Crippen molar-refractivity contribution in [1.82, 2.24) is 0 Å². The minimum atomic E-state index is -0.386. The number of carbonyl (C=O) groups is 1. The molecule has 2 N–H and O–H groups in total. The van der Waals surface area contributed by atoms with Crippen molar-refractivity contribution in [3.63, 3.8) is 0 Å². The maximum Gasteiger partial charge on any atom is 0.340 e. The molecule has 112 valence electrons. The molecule has 0 atom stereocenters. The highest BCUT2D eigenvalue weighted by Crippen LogP contribution is 2.25. The van der Waals surface area contributed by atoms with Crippen molar-refractivity contribution in [3.8, 4) is 0 Å². The first-order valence-corrected chi connectivity index (χ1v) is 8.19. The van der Waals surface area contributed by atoms with Crippen molar-refractivity contribution in [3.05, 3.63) is 44.6 Å². The van der Waals surface area contributed by atoms with Crippen molar-refractivity contribution in [2.75, 3.05) is 24.3 Å². The van der Waals surface area contributed by atoms with Gasteiger partial charge in [-0.2, -0.15) is 0 Å². The third kappa shape index (κ3) is 3.98. The van der Waals surface area contributed by atoms with Crippen molar-refractivity contribution >= 4 is 44.6 Å². The maximum atomic E-state index is 11.9. The first-order chi connectivity index (χ1) is 10.0. The lowest BCUT2D eigenvalue weighted by molar-refractivity contribution is 0.0527. The topological polar surface area (TPSA) is 55.6 Å². The zero-order valence-corrected chi connectivity index (χ0v) is 14.3. The second-order valence-corrected chi connectivity index (χ2v) is 6.90. The molecule has 0 bridgehead atoms. The van der Waals surface area contributed by atoms with Gasteiger partial charge in [0.1, 0.15) is 0 Å². The summed E-state index contributed by atoms with van der Waals surface area (Å²) in [5.41, 5.74) is 8.83. The number of rotatable bonds is 5. The van der Waals surface area contributed by atoms with Gasteiger partial charge < -0.3 is 15.4 Å². The normalized spacial score (nSPS) is 10.4. The number of thiophene rings is 1. The van der Waals surface area contributed by atoms with Crippen LogP contribution >= 0.6 is 27.3 Å². The molecule has 0 radical (unpaired) electrons. The summed E-state index contributed by atoms with van der Waals surface area (Å²) in [6.45, 7) is 2.87. The highest BCUT2D eigenvalue weighted by atomic mass is 79.9. The average Bonchev–Trinajstić information content (AvgIpc) is 2.84. The van der Waals surface area contributed by atoms with Crippen molar-refractivity contribution in [2.24, 2.45) is 0 Å². The van der Waals surface area contributed by atoms with Gasteiger partial charge in [0, 0.05) is 25.0 Å². The molecule has 0 amide bonds. The SMILES string of the molecule is CCOC(=O)c1cc(N(C)Cc2csc(Br)c2)ccc1N. The van der Waals surface area contributed by atoms with Crippen LogP contribution in [0.3, 0.4) is 0 Å². The van der Waals surface area contributed by atoms with Crippen LogP contribution in [0.4, 0.5) is 11.4 Å². The molecular weight excluding hydrogens is 352 g/mol. The van der Waals surface area contributed by atoms with Gasteiger partial charge in [-0.3, -0.25) is 0 Å². The quantitative estimate of drug-likeness (QED) is 0.642. The Morgan fingerprint density at radius 3 is 2.81 bits per heavy atom. The minimum Gasteiger partial charge on any atom is -0.462 e. The Hall–Kier alpha value is -1.53. The fourth-order valence-corrected chi connectivity index (χ4v) is 3.16. The standard InChI is InChI=1S/C15H17BrN2O2S/c1-3-20-15(19)12-7-11(4-5-13(12)17)18(2)8-10-6-14(16)21-9-10/h4-7,9H,3,8,17H2,1-2H3. The predicted octanol–water partition coefficient (Wildman–Crippen LogP) is 3.91. The lowest BCUT2D eigenvalue weighted by atomic mass is 10.1.